The molecular formula is C20H21NO3. The third-order valence-corrected chi connectivity index (χ3v) is 4.37. The lowest BCUT2D eigenvalue weighted by atomic mass is 10.0. The van der Waals surface area contributed by atoms with E-state index < -0.39 is 5.97 Å². The predicted molar refractivity (Wildman–Crippen MR) is 93.8 cm³/mol. The minimum absolute atomic E-state index is 0.164. The first-order chi connectivity index (χ1) is 11.5. The van der Waals surface area contributed by atoms with Gasteiger partial charge in [-0.15, -0.1) is 0 Å². The molecule has 1 aliphatic rings. The molecule has 0 unspecified atom stereocenters. The number of hydrogen-bond acceptors (Lipinski definition) is 4. The molecule has 0 amide bonds. The molecule has 2 aromatic carbocycles. The maximum absolute atomic E-state index is 12.2. The highest BCUT2D eigenvalue weighted by Gasteiger charge is 2.16. The molecule has 24 heavy (non-hydrogen) atoms. The Morgan fingerprint density at radius 2 is 1.62 bits per heavy atom. The number of fused-ring (bicyclic) bond motifs is 1. The average molecular weight is 323 g/mol. The molecule has 0 saturated heterocycles. The highest BCUT2D eigenvalue weighted by Crippen LogP contribution is 2.23. The molecule has 2 aromatic rings. The molecule has 0 heterocycles. The number of aryl methyl sites for hydroxylation is 2. The number of nitrogens with zero attached hydrogens (tertiary/aromatic N) is 1. The minimum atomic E-state index is -0.477. The van der Waals surface area contributed by atoms with Crippen LogP contribution in [0.3, 0.4) is 0 Å². The average Bonchev–Trinajstić information content (AvgIpc) is 3.07. The molecule has 0 radical (unpaired) electrons. The fourth-order valence-corrected chi connectivity index (χ4v) is 2.94. The summed E-state index contributed by atoms with van der Waals surface area (Å²) < 4.78 is 5.16. The molecule has 4 nitrogen and oxygen atoms in total. The number of carbonyl (C=O) groups is 2. The van der Waals surface area contributed by atoms with E-state index in [1.54, 1.807) is 12.1 Å². The van der Waals surface area contributed by atoms with Crippen LogP contribution in [0.2, 0.25) is 0 Å². The van der Waals surface area contributed by atoms with Gasteiger partial charge in [-0.05, 0) is 60.7 Å². The second kappa shape index (κ2) is 6.87. The van der Waals surface area contributed by atoms with Crippen LogP contribution in [0.5, 0.6) is 0 Å². The molecule has 0 aromatic heterocycles. The van der Waals surface area contributed by atoms with Crippen molar-refractivity contribution in [2.24, 2.45) is 0 Å². The van der Waals surface area contributed by atoms with E-state index in [2.05, 4.69) is 0 Å². The fraction of sp³-hybridized carbons (Fsp3) is 0.300. The van der Waals surface area contributed by atoms with Crippen molar-refractivity contribution in [3.8, 4) is 0 Å². The Bertz CT molecular complexity index is 763. The lowest BCUT2D eigenvalue weighted by Crippen LogP contribution is -2.15. The summed E-state index contributed by atoms with van der Waals surface area (Å²) >= 11 is 0. The first-order valence-electron chi connectivity index (χ1n) is 8.14. The molecule has 124 valence electrons. The van der Waals surface area contributed by atoms with E-state index in [0.29, 0.717) is 11.1 Å². The standard InChI is InChI=1S/C20H21NO3/c1-21(2)18-10-8-15(9-11-18)20(23)24-13-19(22)17-7-6-14-4-3-5-16(14)12-17/h6-12H,3-5,13H2,1-2H3. The number of ketones is 1. The smallest absolute Gasteiger partial charge is 0.338 e. The van der Waals surface area contributed by atoms with Crippen molar-refractivity contribution in [1.82, 2.24) is 0 Å². The van der Waals surface area contributed by atoms with E-state index in [0.717, 1.165) is 24.9 Å². The molecule has 1 aliphatic carbocycles. The van der Waals surface area contributed by atoms with Crippen LogP contribution >= 0.6 is 0 Å². The zero-order chi connectivity index (χ0) is 17.1. The van der Waals surface area contributed by atoms with E-state index in [1.165, 1.54) is 11.1 Å². The van der Waals surface area contributed by atoms with Gasteiger partial charge in [0.2, 0.25) is 0 Å². The molecule has 0 N–H and O–H groups in total. The van der Waals surface area contributed by atoms with Gasteiger partial charge in [-0.1, -0.05) is 12.1 Å². The van der Waals surface area contributed by atoms with Crippen LogP contribution in [0.1, 0.15) is 38.3 Å². The Labute approximate surface area is 142 Å². The predicted octanol–water partition coefficient (Wildman–Crippen LogP) is 3.28. The number of hydrogen-bond donors (Lipinski definition) is 0. The zero-order valence-electron chi connectivity index (χ0n) is 14.0. The van der Waals surface area contributed by atoms with Crippen LogP contribution in [0.15, 0.2) is 42.5 Å². The van der Waals surface area contributed by atoms with Crippen LogP contribution in [0.4, 0.5) is 5.69 Å². The van der Waals surface area contributed by atoms with Crippen LogP contribution in [-0.2, 0) is 17.6 Å². The Morgan fingerprint density at radius 3 is 2.33 bits per heavy atom. The second-order valence-electron chi connectivity index (χ2n) is 6.28. The molecule has 0 atom stereocenters. The molecular weight excluding hydrogens is 302 g/mol. The Hall–Kier alpha value is -2.62. The molecule has 0 spiro atoms. The van der Waals surface area contributed by atoms with Crippen LogP contribution in [0, 0.1) is 0 Å². The number of carbonyl (C=O) groups excluding carboxylic acids is 2. The van der Waals surface area contributed by atoms with Gasteiger partial charge in [-0.3, -0.25) is 4.79 Å². The van der Waals surface area contributed by atoms with E-state index in [9.17, 15) is 9.59 Å². The van der Waals surface area contributed by atoms with Gasteiger partial charge in [0.05, 0.1) is 5.56 Å². The highest BCUT2D eigenvalue weighted by atomic mass is 16.5. The van der Waals surface area contributed by atoms with Crippen LogP contribution in [0.25, 0.3) is 0 Å². The van der Waals surface area contributed by atoms with E-state index in [4.69, 9.17) is 4.74 Å². The van der Waals surface area contributed by atoms with Gasteiger partial charge in [0.1, 0.15) is 0 Å². The van der Waals surface area contributed by atoms with E-state index >= 15 is 0 Å². The maximum Gasteiger partial charge on any atom is 0.338 e. The Morgan fingerprint density at radius 1 is 0.958 bits per heavy atom. The number of anilines is 1. The normalized spacial score (nSPS) is 12.6. The maximum atomic E-state index is 12.2. The summed E-state index contributed by atoms with van der Waals surface area (Å²) in [5.74, 6) is -0.641. The largest absolute Gasteiger partial charge is 0.454 e. The van der Waals surface area contributed by atoms with Crippen molar-refractivity contribution < 1.29 is 14.3 Å². The Kier molecular flexibility index (Phi) is 4.65. The molecule has 0 fully saturated rings. The third-order valence-electron chi connectivity index (χ3n) is 4.37. The SMILES string of the molecule is CN(C)c1ccc(C(=O)OCC(=O)c2ccc3c(c2)CCC3)cc1. The number of Topliss-reactive ketones (excluding diaryl/α,β-unsaturated/α-hetero) is 1. The summed E-state index contributed by atoms with van der Waals surface area (Å²) in [5.41, 5.74) is 4.63. The minimum Gasteiger partial charge on any atom is -0.454 e. The van der Waals surface area contributed by atoms with Gasteiger partial charge in [0.25, 0.3) is 0 Å². The van der Waals surface area contributed by atoms with Crippen molar-refractivity contribution in [2.45, 2.75) is 19.3 Å². The quantitative estimate of drug-likeness (QED) is 0.626. The van der Waals surface area contributed by atoms with Gasteiger partial charge < -0.3 is 9.64 Å². The molecule has 0 saturated carbocycles. The summed E-state index contributed by atoms with van der Waals surface area (Å²) in [6, 6.07) is 12.9. The lowest BCUT2D eigenvalue weighted by Gasteiger charge is -2.12. The van der Waals surface area contributed by atoms with Gasteiger partial charge in [-0.2, -0.15) is 0 Å². The molecule has 0 bridgehead atoms. The number of esters is 1. The number of rotatable bonds is 5. The number of benzene rings is 2. The fourth-order valence-electron chi connectivity index (χ4n) is 2.94. The van der Waals surface area contributed by atoms with Crippen molar-refractivity contribution in [3.05, 3.63) is 64.7 Å². The van der Waals surface area contributed by atoms with E-state index in [-0.39, 0.29) is 12.4 Å². The van der Waals surface area contributed by atoms with E-state index in [1.807, 2.05) is 49.3 Å². The topological polar surface area (TPSA) is 46.6 Å². The highest BCUT2D eigenvalue weighted by molar-refractivity contribution is 5.99. The van der Waals surface area contributed by atoms with Gasteiger partial charge >= 0.3 is 5.97 Å². The molecule has 3 rings (SSSR count). The zero-order valence-corrected chi connectivity index (χ0v) is 14.0. The summed E-state index contributed by atoms with van der Waals surface area (Å²) in [4.78, 5) is 26.3. The van der Waals surface area contributed by atoms with Crippen LogP contribution < -0.4 is 4.90 Å². The van der Waals surface area contributed by atoms with Gasteiger partial charge in [-0.25, -0.2) is 4.79 Å². The van der Waals surface area contributed by atoms with Gasteiger partial charge in [0, 0.05) is 25.3 Å². The second-order valence-corrected chi connectivity index (χ2v) is 6.28. The van der Waals surface area contributed by atoms with Crippen molar-refractivity contribution in [3.63, 3.8) is 0 Å². The summed E-state index contributed by atoms with van der Waals surface area (Å²) in [6.07, 6.45) is 3.25. The van der Waals surface area contributed by atoms with Crippen LogP contribution in [-0.4, -0.2) is 32.5 Å². The molecule has 4 heteroatoms. The third kappa shape index (κ3) is 3.48. The summed E-state index contributed by atoms with van der Waals surface area (Å²) in [6.45, 7) is -0.229. The van der Waals surface area contributed by atoms with Crippen molar-refractivity contribution >= 4 is 17.4 Å². The van der Waals surface area contributed by atoms with Crippen molar-refractivity contribution in [1.29, 1.82) is 0 Å². The first-order valence-corrected chi connectivity index (χ1v) is 8.14. The number of ether oxygens (including phenoxy) is 1. The molecule has 0 aliphatic heterocycles. The van der Waals surface area contributed by atoms with Gasteiger partial charge in [0.15, 0.2) is 12.4 Å². The monoisotopic (exact) mass is 323 g/mol. The lowest BCUT2D eigenvalue weighted by molar-refractivity contribution is 0.0475. The summed E-state index contributed by atoms with van der Waals surface area (Å²) in [7, 11) is 3.87. The Balaban J connectivity index is 1.60. The summed E-state index contributed by atoms with van der Waals surface area (Å²) in [5, 5.41) is 0. The van der Waals surface area contributed by atoms with Crippen molar-refractivity contribution in [2.75, 3.05) is 25.6 Å². The first kappa shape index (κ1) is 16.2.